The van der Waals surface area contributed by atoms with Crippen molar-refractivity contribution in [1.82, 2.24) is 4.98 Å². The van der Waals surface area contributed by atoms with Crippen LogP contribution in [0.5, 0.6) is 0 Å². The molecule has 20 heavy (non-hydrogen) atoms. The number of benzene rings is 1. The smallest absolute Gasteiger partial charge is 0.327 e. The Balaban J connectivity index is 2.30. The molecule has 0 saturated carbocycles. The maximum Gasteiger partial charge on any atom is 0.416 e. The van der Waals surface area contributed by atoms with Gasteiger partial charge in [0, 0.05) is 12.5 Å². The van der Waals surface area contributed by atoms with Gasteiger partial charge in [0.15, 0.2) is 0 Å². The highest BCUT2D eigenvalue weighted by Gasteiger charge is 2.31. The minimum absolute atomic E-state index is 0.0605. The van der Waals surface area contributed by atoms with Gasteiger partial charge < -0.3 is 5.73 Å². The highest BCUT2D eigenvalue weighted by Crippen LogP contribution is 2.33. The van der Waals surface area contributed by atoms with Crippen LogP contribution in [0.15, 0.2) is 18.2 Å². The first-order valence-electron chi connectivity index (χ1n) is 6.29. The molecule has 0 amide bonds. The molecule has 2 nitrogen and oxygen atoms in total. The van der Waals surface area contributed by atoms with Gasteiger partial charge in [0.2, 0.25) is 0 Å². The van der Waals surface area contributed by atoms with Gasteiger partial charge in [-0.1, -0.05) is 20.8 Å². The second kappa shape index (κ2) is 5.00. The molecular formula is C14H17F3N2S. The van der Waals surface area contributed by atoms with Crippen molar-refractivity contribution < 1.29 is 13.2 Å². The molecule has 1 aromatic heterocycles. The molecule has 1 aromatic carbocycles. The van der Waals surface area contributed by atoms with E-state index < -0.39 is 11.7 Å². The van der Waals surface area contributed by atoms with E-state index in [4.69, 9.17) is 5.73 Å². The monoisotopic (exact) mass is 302 g/mol. The molecular weight excluding hydrogens is 285 g/mol. The molecule has 0 aliphatic heterocycles. The fraction of sp³-hybridized carbons (Fsp3) is 0.500. The molecule has 1 heterocycles. The Morgan fingerprint density at radius 2 is 1.90 bits per heavy atom. The molecule has 0 fully saturated rings. The van der Waals surface area contributed by atoms with Crippen LogP contribution in [0.2, 0.25) is 0 Å². The summed E-state index contributed by atoms with van der Waals surface area (Å²) < 4.78 is 38.7. The number of rotatable bonds is 2. The van der Waals surface area contributed by atoms with Crippen molar-refractivity contribution in [2.24, 2.45) is 11.1 Å². The van der Waals surface area contributed by atoms with Crippen LogP contribution in [-0.4, -0.2) is 11.0 Å². The van der Waals surface area contributed by atoms with Crippen molar-refractivity contribution in [1.29, 1.82) is 0 Å². The van der Waals surface area contributed by atoms with Crippen molar-refractivity contribution in [2.75, 3.05) is 0 Å². The Kier molecular flexibility index (Phi) is 3.81. The lowest BCUT2D eigenvalue weighted by Crippen LogP contribution is -2.36. The summed E-state index contributed by atoms with van der Waals surface area (Å²) in [6.07, 6.45) is -3.76. The third-order valence-corrected chi connectivity index (χ3v) is 4.32. The first-order valence-corrected chi connectivity index (χ1v) is 7.11. The molecule has 0 aliphatic rings. The van der Waals surface area contributed by atoms with Gasteiger partial charge in [-0.15, -0.1) is 11.3 Å². The summed E-state index contributed by atoms with van der Waals surface area (Å²) in [7, 11) is 0. The molecule has 110 valence electrons. The average molecular weight is 302 g/mol. The maximum atomic E-state index is 12.6. The number of fused-ring (bicyclic) bond motifs is 1. The summed E-state index contributed by atoms with van der Waals surface area (Å²) in [6, 6.07) is 3.58. The summed E-state index contributed by atoms with van der Waals surface area (Å²) in [6.45, 7) is 6.10. The van der Waals surface area contributed by atoms with Gasteiger partial charge >= 0.3 is 6.18 Å². The highest BCUT2D eigenvalue weighted by atomic mass is 32.1. The summed E-state index contributed by atoms with van der Waals surface area (Å²) in [5.74, 6) is 0. The lowest BCUT2D eigenvalue weighted by atomic mass is 9.86. The SMILES string of the molecule is CC(C)(C)C(N)Cc1nc2cc(C(F)(F)F)ccc2s1. The number of hydrogen-bond donors (Lipinski definition) is 1. The van der Waals surface area contributed by atoms with Crippen molar-refractivity contribution >= 4 is 21.6 Å². The molecule has 0 radical (unpaired) electrons. The molecule has 0 spiro atoms. The highest BCUT2D eigenvalue weighted by molar-refractivity contribution is 7.18. The first-order chi connectivity index (χ1) is 9.07. The van der Waals surface area contributed by atoms with E-state index in [-0.39, 0.29) is 11.5 Å². The first kappa shape index (κ1) is 15.3. The number of hydrogen-bond acceptors (Lipinski definition) is 3. The standard InChI is InChI=1S/C14H17F3N2S/c1-13(2,3)11(18)7-12-19-9-6-8(14(15,16)17)4-5-10(9)20-12/h4-6,11H,7,18H2,1-3H3. The van der Waals surface area contributed by atoms with E-state index in [9.17, 15) is 13.2 Å². The maximum absolute atomic E-state index is 12.6. The van der Waals surface area contributed by atoms with Crippen LogP contribution in [0, 0.1) is 5.41 Å². The molecule has 0 saturated heterocycles. The summed E-state index contributed by atoms with van der Waals surface area (Å²) >= 11 is 1.40. The Morgan fingerprint density at radius 1 is 1.25 bits per heavy atom. The molecule has 1 unspecified atom stereocenters. The predicted octanol–water partition coefficient (Wildman–Crippen LogP) is 4.23. The lowest BCUT2D eigenvalue weighted by molar-refractivity contribution is -0.137. The van der Waals surface area contributed by atoms with Crippen LogP contribution in [0.1, 0.15) is 31.3 Å². The van der Waals surface area contributed by atoms with Crippen molar-refractivity contribution in [3.63, 3.8) is 0 Å². The van der Waals surface area contributed by atoms with Crippen molar-refractivity contribution in [2.45, 2.75) is 39.4 Å². The van der Waals surface area contributed by atoms with Gasteiger partial charge in [0.1, 0.15) is 0 Å². The quantitative estimate of drug-likeness (QED) is 0.901. The number of nitrogens with zero attached hydrogens (tertiary/aromatic N) is 1. The van der Waals surface area contributed by atoms with Crippen LogP contribution in [-0.2, 0) is 12.6 Å². The second-order valence-corrected chi connectivity index (χ2v) is 7.08. The predicted molar refractivity (Wildman–Crippen MR) is 75.8 cm³/mol. The van der Waals surface area contributed by atoms with Gasteiger partial charge in [-0.25, -0.2) is 4.98 Å². The van der Waals surface area contributed by atoms with E-state index in [1.165, 1.54) is 17.4 Å². The van der Waals surface area contributed by atoms with Gasteiger partial charge in [-0.2, -0.15) is 13.2 Å². The molecule has 2 aromatic rings. The molecule has 6 heteroatoms. The summed E-state index contributed by atoms with van der Waals surface area (Å²) in [5, 5.41) is 0.779. The number of aromatic nitrogens is 1. The van der Waals surface area contributed by atoms with Crippen LogP contribution >= 0.6 is 11.3 Å². The summed E-state index contributed by atoms with van der Waals surface area (Å²) in [5.41, 5.74) is 5.75. The zero-order valence-electron chi connectivity index (χ0n) is 11.6. The number of halogens is 3. The normalized spacial score (nSPS) is 14.8. The van der Waals surface area contributed by atoms with E-state index in [0.717, 1.165) is 21.8 Å². The number of nitrogens with two attached hydrogens (primary N) is 1. The Bertz CT molecular complexity index is 611. The fourth-order valence-electron chi connectivity index (χ4n) is 1.73. The van der Waals surface area contributed by atoms with Crippen LogP contribution in [0.4, 0.5) is 13.2 Å². The molecule has 2 N–H and O–H groups in total. The average Bonchev–Trinajstić information content (AvgIpc) is 2.67. The Morgan fingerprint density at radius 3 is 2.45 bits per heavy atom. The number of alkyl halides is 3. The molecule has 0 bridgehead atoms. The zero-order chi connectivity index (χ0) is 15.1. The third kappa shape index (κ3) is 3.30. The van der Waals surface area contributed by atoms with Gasteiger partial charge in [-0.05, 0) is 23.6 Å². The van der Waals surface area contributed by atoms with Crippen LogP contribution in [0.25, 0.3) is 10.2 Å². The third-order valence-electron chi connectivity index (χ3n) is 3.27. The van der Waals surface area contributed by atoms with Gasteiger partial charge in [0.25, 0.3) is 0 Å². The van der Waals surface area contributed by atoms with Crippen molar-refractivity contribution in [3.05, 3.63) is 28.8 Å². The van der Waals surface area contributed by atoms with Gasteiger partial charge in [-0.3, -0.25) is 0 Å². The van der Waals surface area contributed by atoms with E-state index in [1.807, 2.05) is 20.8 Å². The molecule has 1 atom stereocenters. The van der Waals surface area contributed by atoms with Gasteiger partial charge in [0.05, 0.1) is 20.8 Å². The minimum atomic E-state index is -4.33. The van der Waals surface area contributed by atoms with Crippen molar-refractivity contribution in [3.8, 4) is 0 Å². The van der Waals surface area contributed by atoms with E-state index >= 15 is 0 Å². The van der Waals surface area contributed by atoms with Crippen LogP contribution in [0.3, 0.4) is 0 Å². The van der Waals surface area contributed by atoms with Crippen LogP contribution < -0.4 is 5.73 Å². The molecule has 0 aliphatic carbocycles. The summed E-state index contributed by atoms with van der Waals surface area (Å²) in [4.78, 5) is 4.28. The Hall–Kier alpha value is -1.14. The Labute approximate surface area is 119 Å². The fourth-order valence-corrected chi connectivity index (χ4v) is 2.74. The number of thiazole rings is 1. The largest absolute Gasteiger partial charge is 0.416 e. The lowest BCUT2D eigenvalue weighted by Gasteiger charge is -2.26. The van der Waals surface area contributed by atoms with E-state index in [2.05, 4.69) is 4.98 Å². The minimum Gasteiger partial charge on any atom is -0.327 e. The van der Waals surface area contributed by atoms with E-state index in [1.54, 1.807) is 0 Å². The zero-order valence-corrected chi connectivity index (χ0v) is 12.4. The topological polar surface area (TPSA) is 38.9 Å². The second-order valence-electron chi connectivity index (χ2n) is 5.96. The molecule has 2 rings (SSSR count). The van der Waals surface area contributed by atoms with E-state index in [0.29, 0.717) is 11.9 Å².